The van der Waals surface area contributed by atoms with Gasteiger partial charge in [0.1, 0.15) is 10.8 Å². The van der Waals surface area contributed by atoms with Crippen molar-refractivity contribution < 1.29 is 45.1 Å². The summed E-state index contributed by atoms with van der Waals surface area (Å²) in [7, 11) is -5.77. The fourth-order valence-electron chi connectivity index (χ4n) is 2.94. The summed E-state index contributed by atoms with van der Waals surface area (Å²) in [5, 5.41) is -3.38. The quantitative estimate of drug-likeness (QED) is 0.598. The fraction of sp³-hybridized carbons (Fsp3) is 1.00. The van der Waals surface area contributed by atoms with Crippen molar-refractivity contribution in [1.82, 2.24) is 0 Å². The molecule has 0 aromatic rings. The zero-order valence-electron chi connectivity index (χ0n) is 10.6. The molecule has 2 N–H and O–H groups in total. The van der Waals surface area contributed by atoms with Crippen LogP contribution in [0.25, 0.3) is 0 Å². The van der Waals surface area contributed by atoms with Crippen molar-refractivity contribution in [3.63, 3.8) is 0 Å². The van der Waals surface area contributed by atoms with Crippen LogP contribution in [-0.2, 0) is 4.57 Å². The zero-order valence-corrected chi connectivity index (χ0v) is 11.5. The SMILES string of the molecule is O=P(O)(O)C1(CC(F)(F)F)CCCCC1(F)CC(F)(F)F. The van der Waals surface area contributed by atoms with Gasteiger partial charge in [-0.2, -0.15) is 26.3 Å². The zero-order chi connectivity index (χ0) is 16.7. The van der Waals surface area contributed by atoms with Gasteiger partial charge in [0.2, 0.25) is 0 Å². The smallest absolute Gasteiger partial charge is 0.324 e. The largest absolute Gasteiger partial charge is 0.392 e. The summed E-state index contributed by atoms with van der Waals surface area (Å²) in [5.74, 6) is 0. The van der Waals surface area contributed by atoms with Crippen LogP contribution in [0.1, 0.15) is 38.5 Å². The van der Waals surface area contributed by atoms with Crippen LogP contribution in [0, 0.1) is 0 Å². The Kier molecular flexibility index (Phi) is 4.80. The second kappa shape index (κ2) is 5.38. The predicted octanol–water partition coefficient (Wildman–Crippen LogP) is 4.09. The molecule has 126 valence electrons. The number of alkyl halides is 7. The van der Waals surface area contributed by atoms with Crippen LogP contribution >= 0.6 is 7.60 Å². The Morgan fingerprint density at radius 1 is 0.905 bits per heavy atom. The molecular formula is C10H14F7O3P. The number of rotatable bonds is 3. The molecule has 1 rings (SSSR count). The highest BCUT2D eigenvalue weighted by atomic mass is 31.2. The lowest BCUT2D eigenvalue weighted by Crippen LogP contribution is -2.56. The molecule has 3 nitrogen and oxygen atoms in total. The van der Waals surface area contributed by atoms with Gasteiger partial charge in [0.25, 0.3) is 0 Å². The van der Waals surface area contributed by atoms with E-state index in [2.05, 4.69) is 0 Å². The van der Waals surface area contributed by atoms with Crippen LogP contribution in [-0.4, -0.2) is 33.0 Å². The minimum Gasteiger partial charge on any atom is -0.324 e. The van der Waals surface area contributed by atoms with Crippen molar-refractivity contribution in [2.75, 3.05) is 0 Å². The van der Waals surface area contributed by atoms with E-state index in [0.29, 0.717) is 0 Å². The Labute approximate surface area is 115 Å². The Morgan fingerprint density at radius 2 is 1.33 bits per heavy atom. The second-order valence-corrected chi connectivity index (χ2v) is 7.28. The summed E-state index contributed by atoms with van der Waals surface area (Å²) in [4.78, 5) is 18.4. The average molecular weight is 346 g/mol. The normalized spacial score (nSPS) is 32.2. The molecule has 0 bridgehead atoms. The first-order valence-corrected chi connectivity index (χ1v) is 7.61. The molecule has 0 spiro atoms. The lowest BCUT2D eigenvalue weighted by atomic mass is 9.72. The molecule has 0 aliphatic heterocycles. The third kappa shape index (κ3) is 4.10. The molecular weight excluding hydrogens is 332 g/mol. The maximum absolute atomic E-state index is 14.7. The maximum atomic E-state index is 14.7. The summed E-state index contributed by atoms with van der Waals surface area (Å²) in [6.45, 7) is 0. The summed E-state index contributed by atoms with van der Waals surface area (Å²) >= 11 is 0. The van der Waals surface area contributed by atoms with Crippen LogP contribution in [0.4, 0.5) is 30.7 Å². The van der Waals surface area contributed by atoms with E-state index >= 15 is 0 Å². The van der Waals surface area contributed by atoms with Gasteiger partial charge in [0, 0.05) is 0 Å². The van der Waals surface area contributed by atoms with Crippen LogP contribution < -0.4 is 0 Å². The van der Waals surface area contributed by atoms with Crippen LogP contribution in [0.2, 0.25) is 0 Å². The number of hydrogen-bond acceptors (Lipinski definition) is 1. The molecule has 1 aliphatic rings. The van der Waals surface area contributed by atoms with E-state index in [9.17, 15) is 45.1 Å². The van der Waals surface area contributed by atoms with Crippen molar-refractivity contribution in [3.8, 4) is 0 Å². The Morgan fingerprint density at radius 3 is 1.71 bits per heavy atom. The fourth-order valence-corrected chi connectivity index (χ4v) is 4.49. The molecule has 1 saturated carbocycles. The molecule has 0 aromatic carbocycles. The van der Waals surface area contributed by atoms with Gasteiger partial charge in [-0.1, -0.05) is 12.8 Å². The Hall–Kier alpha value is -0.340. The van der Waals surface area contributed by atoms with E-state index in [0.717, 1.165) is 0 Å². The highest BCUT2D eigenvalue weighted by Crippen LogP contribution is 2.67. The van der Waals surface area contributed by atoms with E-state index in [1.807, 2.05) is 0 Å². The second-order valence-electron chi connectivity index (χ2n) is 5.33. The van der Waals surface area contributed by atoms with Gasteiger partial charge < -0.3 is 9.79 Å². The summed E-state index contributed by atoms with van der Waals surface area (Å²) < 4.78 is 101. The van der Waals surface area contributed by atoms with E-state index < -0.39 is 56.5 Å². The molecule has 0 amide bonds. The molecule has 0 heterocycles. The highest BCUT2D eigenvalue weighted by molar-refractivity contribution is 7.53. The monoisotopic (exact) mass is 346 g/mol. The van der Waals surface area contributed by atoms with Gasteiger partial charge in [-0.15, -0.1) is 0 Å². The van der Waals surface area contributed by atoms with E-state index in [4.69, 9.17) is 0 Å². The minimum absolute atomic E-state index is 0.161. The minimum atomic E-state index is -5.77. The van der Waals surface area contributed by atoms with Crippen LogP contribution in [0.5, 0.6) is 0 Å². The van der Waals surface area contributed by atoms with E-state index in [1.165, 1.54) is 0 Å². The predicted molar refractivity (Wildman–Crippen MR) is 58.4 cm³/mol. The molecule has 2 unspecified atom stereocenters. The molecule has 0 aromatic heterocycles. The molecule has 1 aliphatic carbocycles. The van der Waals surface area contributed by atoms with E-state index in [-0.39, 0.29) is 12.8 Å². The first-order chi connectivity index (χ1) is 9.12. The van der Waals surface area contributed by atoms with Gasteiger partial charge in [0.05, 0.1) is 12.8 Å². The first-order valence-electron chi connectivity index (χ1n) is 6.00. The van der Waals surface area contributed by atoms with Crippen molar-refractivity contribution in [2.45, 2.75) is 61.7 Å². The number of halogens is 7. The number of hydrogen-bond donors (Lipinski definition) is 2. The lowest BCUT2D eigenvalue weighted by Gasteiger charge is -2.48. The van der Waals surface area contributed by atoms with E-state index in [1.54, 1.807) is 0 Å². The van der Waals surface area contributed by atoms with Crippen molar-refractivity contribution in [3.05, 3.63) is 0 Å². The van der Waals surface area contributed by atoms with Crippen molar-refractivity contribution in [2.24, 2.45) is 0 Å². The highest BCUT2D eigenvalue weighted by Gasteiger charge is 2.68. The molecule has 1 fully saturated rings. The van der Waals surface area contributed by atoms with Crippen LogP contribution in [0.3, 0.4) is 0 Å². The third-order valence-electron chi connectivity index (χ3n) is 3.78. The average Bonchev–Trinajstić information content (AvgIpc) is 2.14. The van der Waals surface area contributed by atoms with Crippen molar-refractivity contribution >= 4 is 7.60 Å². The molecule has 2 atom stereocenters. The summed E-state index contributed by atoms with van der Waals surface area (Å²) in [6.07, 6.45) is -17.2. The Balaban J connectivity index is 3.38. The van der Waals surface area contributed by atoms with Gasteiger partial charge in [-0.3, -0.25) is 4.57 Å². The first kappa shape index (κ1) is 18.7. The molecule has 0 radical (unpaired) electrons. The maximum Gasteiger partial charge on any atom is 0.392 e. The standard InChI is InChI=1S/C10H14F7O3P/c11-7(5-9(12,13)14)3-1-2-4-8(7,21(18,19)20)6-10(15,16)17/h1-6H2,(H2,18,19,20). The van der Waals surface area contributed by atoms with Gasteiger partial charge >= 0.3 is 19.9 Å². The molecule has 21 heavy (non-hydrogen) atoms. The van der Waals surface area contributed by atoms with Crippen molar-refractivity contribution in [1.29, 1.82) is 0 Å². The molecule has 11 heteroatoms. The topological polar surface area (TPSA) is 57.5 Å². The summed E-state index contributed by atoms with van der Waals surface area (Å²) in [5.41, 5.74) is -3.64. The third-order valence-corrected chi connectivity index (χ3v) is 5.68. The van der Waals surface area contributed by atoms with Crippen LogP contribution in [0.15, 0.2) is 0 Å². The van der Waals surface area contributed by atoms with Gasteiger partial charge in [-0.05, 0) is 12.8 Å². The van der Waals surface area contributed by atoms with Gasteiger partial charge in [0.15, 0.2) is 0 Å². The van der Waals surface area contributed by atoms with Gasteiger partial charge in [-0.25, -0.2) is 4.39 Å². The lowest BCUT2D eigenvalue weighted by molar-refractivity contribution is -0.193. The summed E-state index contributed by atoms with van der Waals surface area (Å²) in [6, 6.07) is 0. The Bertz CT molecular complexity index is 429. The molecule has 0 saturated heterocycles.